The van der Waals surface area contributed by atoms with Crippen LogP contribution in [0.2, 0.25) is 0 Å². The summed E-state index contributed by atoms with van der Waals surface area (Å²) in [6, 6.07) is 23.0. The molecule has 3 amide bonds. The Morgan fingerprint density at radius 1 is 1.00 bits per heavy atom. The van der Waals surface area contributed by atoms with E-state index in [9.17, 15) is 14.4 Å². The summed E-state index contributed by atoms with van der Waals surface area (Å²) < 4.78 is 5.79. The van der Waals surface area contributed by atoms with Crippen molar-refractivity contribution in [3.63, 3.8) is 0 Å². The van der Waals surface area contributed by atoms with E-state index in [1.807, 2.05) is 31.2 Å². The Morgan fingerprint density at radius 2 is 1.69 bits per heavy atom. The van der Waals surface area contributed by atoms with Gasteiger partial charge in [0.05, 0.1) is 4.91 Å². The van der Waals surface area contributed by atoms with Gasteiger partial charge in [-0.15, -0.1) is 0 Å². The molecule has 2 N–H and O–H groups in total. The molecule has 0 aliphatic carbocycles. The van der Waals surface area contributed by atoms with Crippen molar-refractivity contribution in [1.82, 2.24) is 10.4 Å². The van der Waals surface area contributed by atoms with E-state index in [1.165, 1.54) is 0 Å². The molecule has 0 radical (unpaired) electrons. The van der Waals surface area contributed by atoms with Crippen molar-refractivity contribution in [1.29, 1.82) is 0 Å². The van der Waals surface area contributed by atoms with Gasteiger partial charge in [-0.05, 0) is 67.2 Å². The van der Waals surface area contributed by atoms with E-state index < -0.39 is 11.8 Å². The van der Waals surface area contributed by atoms with E-state index in [0.29, 0.717) is 21.9 Å². The number of ether oxygens (including phenoxy) is 1. The molecule has 0 unspecified atom stereocenters. The summed E-state index contributed by atoms with van der Waals surface area (Å²) in [6.45, 7) is 1.84. The number of thioether (sulfide) groups is 1. The molecule has 0 bridgehead atoms. The second-order valence-electron chi connectivity index (χ2n) is 7.60. The quantitative estimate of drug-likeness (QED) is 0.363. The number of carbonyl (C=O) groups excluding carboxylic acids is 3. The Hall–Kier alpha value is -3.95. The van der Waals surface area contributed by atoms with Crippen LogP contribution in [0.3, 0.4) is 0 Å². The van der Waals surface area contributed by atoms with Crippen LogP contribution >= 0.6 is 24.0 Å². The third-order valence-corrected chi connectivity index (χ3v) is 6.23. The molecule has 0 saturated carbocycles. The lowest BCUT2D eigenvalue weighted by atomic mass is 10.2. The SMILES string of the molecule is Cc1ccc(NC(=O)COc2ccc(C=C3SC(=S)N(NC(=O)c4ccccc4)C3=O)cc2)cc1. The maximum Gasteiger partial charge on any atom is 0.285 e. The fraction of sp³-hybridized carbons (Fsp3) is 0.0769. The summed E-state index contributed by atoms with van der Waals surface area (Å²) in [5.74, 6) is -0.573. The summed E-state index contributed by atoms with van der Waals surface area (Å²) in [5, 5.41) is 3.85. The van der Waals surface area contributed by atoms with Crippen LogP contribution in [-0.4, -0.2) is 33.7 Å². The van der Waals surface area contributed by atoms with Crippen LogP contribution < -0.4 is 15.5 Å². The molecule has 1 fully saturated rings. The fourth-order valence-electron chi connectivity index (χ4n) is 3.11. The highest BCUT2D eigenvalue weighted by molar-refractivity contribution is 8.26. The molecule has 0 spiro atoms. The first-order chi connectivity index (χ1) is 16.9. The monoisotopic (exact) mass is 503 g/mol. The summed E-state index contributed by atoms with van der Waals surface area (Å²) in [6.07, 6.45) is 1.68. The minimum Gasteiger partial charge on any atom is -0.484 e. The van der Waals surface area contributed by atoms with Crippen LogP contribution in [0, 0.1) is 6.92 Å². The lowest BCUT2D eigenvalue weighted by Gasteiger charge is -2.15. The molecule has 4 rings (SSSR count). The van der Waals surface area contributed by atoms with Crippen LogP contribution in [0.4, 0.5) is 5.69 Å². The first kappa shape index (κ1) is 24.2. The van der Waals surface area contributed by atoms with Crippen LogP contribution in [0.5, 0.6) is 5.75 Å². The zero-order valence-electron chi connectivity index (χ0n) is 18.7. The van der Waals surface area contributed by atoms with Gasteiger partial charge in [0.1, 0.15) is 5.75 Å². The number of amides is 3. The molecule has 0 aromatic heterocycles. The van der Waals surface area contributed by atoms with Gasteiger partial charge in [0.15, 0.2) is 10.9 Å². The number of aryl methyl sites for hydroxylation is 1. The molecule has 1 aliphatic rings. The maximum atomic E-state index is 12.8. The zero-order valence-corrected chi connectivity index (χ0v) is 20.3. The Labute approximate surface area is 212 Å². The van der Waals surface area contributed by atoms with Crippen LogP contribution in [0.25, 0.3) is 6.08 Å². The number of nitrogens with one attached hydrogen (secondary N) is 2. The number of hydrazine groups is 1. The minimum atomic E-state index is -0.420. The van der Waals surface area contributed by atoms with E-state index in [0.717, 1.165) is 27.9 Å². The summed E-state index contributed by atoms with van der Waals surface area (Å²) in [5.41, 5.74) is 5.54. The van der Waals surface area contributed by atoms with Gasteiger partial charge in [-0.1, -0.05) is 59.8 Å². The van der Waals surface area contributed by atoms with Gasteiger partial charge >= 0.3 is 0 Å². The molecule has 1 saturated heterocycles. The Kier molecular flexibility index (Phi) is 7.59. The summed E-state index contributed by atoms with van der Waals surface area (Å²) >= 11 is 6.37. The van der Waals surface area contributed by atoms with Gasteiger partial charge in [0.25, 0.3) is 17.7 Å². The molecule has 0 atom stereocenters. The average molecular weight is 504 g/mol. The van der Waals surface area contributed by atoms with Gasteiger partial charge in [-0.2, -0.15) is 5.01 Å². The third-order valence-electron chi connectivity index (χ3n) is 4.93. The van der Waals surface area contributed by atoms with Gasteiger partial charge in [-0.3, -0.25) is 19.8 Å². The van der Waals surface area contributed by atoms with Crippen molar-refractivity contribution in [2.45, 2.75) is 6.92 Å². The molecule has 1 heterocycles. The average Bonchev–Trinajstić information content (AvgIpc) is 3.12. The van der Waals surface area contributed by atoms with Crippen molar-refractivity contribution >= 4 is 57.8 Å². The second-order valence-corrected chi connectivity index (χ2v) is 9.27. The number of nitrogens with zero attached hydrogens (tertiary/aromatic N) is 1. The molecule has 3 aromatic carbocycles. The van der Waals surface area contributed by atoms with Crippen LogP contribution in [-0.2, 0) is 9.59 Å². The number of thiocarbonyl (C=S) groups is 1. The smallest absolute Gasteiger partial charge is 0.285 e. The fourth-order valence-corrected chi connectivity index (χ4v) is 4.29. The van der Waals surface area contributed by atoms with Crippen molar-refractivity contribution in [3.8, 4) is 5.75 Å². The van der Waals surface area contributed by atoms with Crippen molar-refractivity contribution < 1.29 is 19.1 Å². The van der Waals surface area contributed by atoms with Gasteiger partial charge in [0.2, 0.25) is 0 Å². The van der Waals surface area contributed by atoms with E-state index >= 15 is 0 Å². The molecule has 35 heavy (non-hydrogen) atoms. The molecular formula is C26H21N3O4S2. The highest BCUT2D eigenvalue weighted by atomic mass is 32.2. The maximum absolute atomic E-state index is 12.8. The first-order valence-electron chi connectivity index (χ1n) is 10.6. The number of benzene rings is 3. The molecule has 176 valence electrons. The molecule has 3 aromatic rings. The highest BCUT2D eigenvalue weighted by Crippen LogP contribution is 2.31. The molecule has 1 aliphatic heterocycles. The second kappa shape index (κ2) is 11.0. The van der Waals surface area contributed by atoms with E-state index in [1.54, 1.807) is 60.7 Å². The predicted molar refractivity (Wildman–Crippen MR) is 141 cm³/mol. The van der Waals surface area contributed by atoms with E-state index in [4.69, 9.17) is 17.0 Å². The Balaban J connectivity index is 1.33. The largest absolute Gasteiger partial charge is 0.484 e. The number of anilines is 1. The number of rotatable bonds is 7. The lowest BCUT2D eigenvalue weighted by molar-refractivity contribution is -0.123. The number of hydrogen-bond acceptors (Lipinski definition) is 6. The lowest BCUT2D eigenvalue weighted by Crippen LogP contribution is -2.44. The molecule has 9 heteroatoms. The van der Waals surface area contributed by atoms with Gasteiger partial charge in [-0.25, -0.2) is 0 Å². The normalized spacial score (nSPS) is 14.2. The predicted octanol–water partition coefficient (Wildman–Crippen LogP) is 4.56. The zero-order chi connectivity index (χ0) is 24.8. The van der Waals surface area contributed by atoms with Gasteiger partial charge < -0.3 is 10.1 Å². The number of hydrogen-bond donors (Lipinski definition) is 2. The standard InChI is InChI=1S/C26H21N3O4S2/c1-17-7-11-20(12-8-17)27-23(30)16-33-21-13-9-18(10-14-21)15-22-25(32)29(26(34)35-22)28-24(31)19-5-3-2-4-6-19/h2-15H,16H2,1H3,(H,27,30)(H,28,31). The minimum absolute atomic E-state index is 0.132. The van der Waals surface area contributed by atoms with Crippen LogP contribution in [0.1, 0.15) is 21.5 Å². The van der Waals surface area contributed by atoms with Crippen LogP contribution in [0.15, 0.2) is 83.8 Å². The van der Waals surface area contributed by atoms with Crippen molar-refractivity contribution in [2.24, 2.45) is 0 Å². The molecular weight excluding hydrogens is 482 g/mol. The first-order valence-corrected chi connectivity index (χ1v) is 11.8. The van der Waals surface area contributed by atoms with Gasteiger partial charge in [0, 0.05) is 11.3 Å². The van der Waals surface area contributed by atoms with E-state index in [-0.39, 0.29) is 16.8 Å². The summed E-state index contributed by atoms with van der Waals surface area (Å²) in [7, 11) is 0. The third kappa shape index (κ3) is 6.34. The summed E-state index contributed by atoms with van der Waals surface area (Å²) in [4.78, 5) is 37.6. The Bertz CT molecular complexity index is 1290. The van der Waals surface area contributed by atoms with E-state index in [2.05, 4.69) is 10.7 Å². The number of carbonyl (C=O) groups is 3. The van der Waals surface area contributed by atoms with Crippen molar-refractivity contribution in [2.75, 3.05) is 11.9 Å². The van der Waals surface area contributed by atoms with Crippen molar-refractivity contribution in [3.05, 3.63) is 100 Å². The molecule has 7 nitrogen and oxygen atoms in total. The Morgan fingerprint density at radius 3 is 2.37 bits per heavy atom. The topological polar surface area (TPSA) is 87.7 Å². The highest BCUT2D eigenvalue weighted by Gasteiger charge is 2.33.